The van der Waals surface area contributed by atoms with Crippen molar-refractivity contribution in [2.24, 2.45) is 0 Å². The number of nitrogens with zero attached hydrogens (tertiary/aromatic N) is 1. The van der Waals surface area contributed by atoms with Crippen LogP contribution in [0.4, 0.5) is 0 Å². The van der Waals surface area contributed by atoms with E-state index >= 15 is 0 Å². The minimum absolute atomic E-state index is 0.354. The van der Waals surface area contributed by atoms with Crippen LogP contribution in [0.25, 0.3) is 0 Å². The molecule has 0 aliphatic heterocycles. The zero-order valence-corrected chi connectivity index (χ0v) is 8.38. The van der Waals surface area contributed by atoms with Crippen LogP contribution in [0.5, 0.6) is 5.88 Å². The van der Waals surface area contributed by atoms with Gasteiger partial charge < -0.3 is 4.74 Å². The summed E-state index contributed by atoms with van der Waals surface area (Å²) in [4.78, 5) is 14.5. The van der Waals surface area contributed by atoms with E-state index in [4.69, 9.17) is 4.74 Å². The molecule has 1 aromatic heterocycles. The first kappa shape index (κ1) is 9.19. The lowest BCUT2D eigenvalue weighted by molar-refractivity contribution is -0.132. The number of rotatable bonds is 1. The molecule has 0 radical (unpaired) electrons. The molecule has 0 N–H and O–H groups in total. The zero-order chi connectivity index (χ0) is 9.14. The van der Waals surface area contributed by atoms with Crippen LogP contribution in [0.15, 0.2) is 16.7 Å². The van der Waals surface area contributed by atoms with Crippen LogP contribution >= 0.6 is 15.9 Å². The van der Waals surface area contributed by atoms with Crippen LogP contribution in [-0.4, -0.2) is 11.0 Å². The Labute approximate surface area is 78.9 Å². The summed E-state index contributed by atoms with van der Waals surface area (Å²) in [5.41, 5.74) is 0.833. The van der Waals surface area contributed by atoms with E-state index in [1.807, 2.05) is 13.0 Å². The van der Waals surface area contributed by atoms with Gasteiger partial charge in [-0.05, 0) is 28.9 Å². The number of ether oxygens (including phenoxy) is 1. The Morgan fingerprint density at radius 3 is 2.83 bits per heavy atom. The third kappa shape index (κ3) is 2.30. The third-order valence-corrected chi connectivity index (χ3v) is 1.67. The molecule has 0 aliphatic rings. The second kappa shape index (κ2) is 3.67. The van der Waals surface area contributed by atoms with Crippen molar-refractivity contribution < 1.29 is 9.53 Å². The van der Waals surface area contributed by atoms with E-state index in [-0.39, 0.29) is 5.97 Å². The maximum absolute atomic E-state index is 10.6. The van der Waals surface area contributed by atoms with E-state index in [0.717, 1.165) is 10.0 Å². The number of carbonyl (C=O) groups is 1. The minimum Gasteiger partial charge on any atom is -0.407 e. The fourth-order valence-electron chi connectivity index (χ4n) is 0.771. The smallest absolute Gasteiger partial charge is 0.309 e. The molecule has 0 amide bonds. The van der Waals surface area contributed by atoms with E-state index in [9.17, 15) is 4.79 Å². The number of carbonyl (C=O) groups excluding carboxylic acids is 1. The molecule has 0 unspecified atom stereocenters. The van der Waals surface area contributed by atoms with Gasteiger partial charge in [-0.15, -0.1) is 0 Å². The van der Waals surface area contributed by atoms with Gasteiger partial charge in [-0.2, -0.15) is 0 Å². The summed E-state index contributed by atoms with van der Waals surface area (Å²) >= 11 is 3.26. The fourth-order valence-corrected chi connectivity index (χ4v) is 1.22. The quantitative estimate of drug-likeness (QED) is 0.693. The molecule has 12 heavy (non-hydrogen) atoms. The molecular formula is C8H8BrNO2. The first-order valence-electron chi connectivity index (χ1n) is 3.40. The van der Waals surface area contributed by atoms with Crippen LogP contribution in [0, 0.1) is 6.92 Å². The molecule has 0 bridgehead atoms. The lowest BCUT2D eigenvalue weighted by Gasteiger charge is -2.02. The number of esters is 1. The maximum atomic E-state index is 10.6. The van der Waals surface area contributed by atoms with Gasteiger partial charge in [0.15, 0.2) is 0 Å². The first-order chi connectivity index (χ1) is 5.59. The molecule has 0 aliphatic carbocycles. The molecule has 0 spiro atoms. The van der Waals surface area contributed by atoms with Crippen molar-refractivity contribution in [1.82, 2.24) is 4.98 Å². The van der Waals surface area contributed by atoms with Crippen LogP contribution < -0.4 is 4.74 Å². The standard InChI is InChI=1S/C8H8BrNO2/c1-5-3-7(9)4-10-8(5)12-6(2)11/h3-4H,1-2H3. The largest absolute Gasteiger partial charge is 0.407 e. The number of pyridine rings is 1. The van der Waals surface area contributed by atoms with Gasteiger partial charge in [0.2, 0.25) is 5.88 Å². The second-order valence-corrected chi connectivity index (χ2v) is 3.28. The Hall–Kier alpha value is -0.900. The Morgan fingerprint density at radius 1 is 1.67 bits per heavy atom. The summed E-state index contributed by atoms with van der Waals surface area (Å²) in [7, 11) is 0. The average molecular weight is 230 g/mol. The molecule has 4 heteroatoms. The molecule has 1 aromatic rings. The van der Waals surface area contributed by atoms with Gasteiger partial charge in [0.25, 0.3) is 0 Å². The third-order valence-electron chi connectivity index (χ3n) is 1.24. The Bertz CT molecular complexity index is 312. The molecule has 0 atom stereocenters. The lowest BCUT2D eigenvalue weighted by Crippen LogP contribution is -2.04. The number of aryl methyl sites for hydroxylation is 1. The minimum atomic E-state index is -0.354. The van der Waals surface area contributed by atoms with Crippen LogP contribution in [0.2, 0.25) is 0 Å². The summed E-state index contributed by atoms with van der Waals surface area (Å²) in [6.45, 7) is 3.18. The van der Waals surface area contributed by atoms with Crippen molar-refractivity contribution in [2.45, 2.75) is 13.8 Å². The predicted octanol–water partition coefficient (Wildman–Crippen LogP) is 2.08. The predicted molar refractivity (Wildman–Crippen MR) is 48.0 cm³/mol. The average Bonchev–Trinajstić information content (AvgIpc) is 1.94. The summed E-state index contributed by atoms with van der Waals surface area (Å²) in [5, 5.41) is 0. The van der Waals surface area contributed by atoms with Crippen LogP contribution in [0.1, 0.15) is 12.5 Å². The molecule has 0 saturated heterocycles. The van der Waals surface area contributed by atoms with Crippen molar-refractivity contribution in [3.8, 4) is 5.88 Å². The summed E-state index contributed by atoms with van der Waals surface area (Å²) in [6, 6.07) is 1.84. The van der Waals surface area contributed by atoms with Crippen molar-refractivity contribution in [2.75, 3.05) is 0 Å². The van der Waals surface area contributed by atoms with Crippen molar-refractivity contribution >= 4 is 21.9 Å². The lowest BCUT2D eigenvalue weighted by atomic mass is 10.3. The van der Waals surface area contributed by atoms with Crippen LogP contribution in [-0.2, 0) is 4.79 Å². The zero-order valence-electron chi connectivity index (χ0n) is 6.80. The van der Waals surface area contributed by atoms with E-state index in [1.165, 1.54) is 6.92 Å². The fraction of sp³-hybridized carbons (Fsp3) is 0.250. The van der Waals surface area contributed by atoms with Gasteiger partial charge in [0, 0.05) is 23.2 Å². The highest BCUT2D eigenvalue weighted by Crippen LogP contribution is 2.18. The first-order valence-corrected chi connectivity index (χ1v) is 4.19. The van der Waals surface area contributed by atoms with Crippen molar-refractivity contribution in [3.05, 3.63) is 22.3 Å². The molecule has 1 rings (SSSR count). The molecular weight excluding hydrogens is 222 g/mol. The van der Waals surface area contributed by atoms with Gasteiger partial charge in [0.05, 0.1) is 0 Å². The highest BCUT2D eigenvalue weighted by molar-refractivity contribution is 9.10. The number of aromatic nitrogens is 1. The molecule has 3 nitrogen and oxygen atoms in total. The topological polar surface area (TPSA) is 39.2 Å². The van der Waals surface area contributed by atoms with Gasteiger partial charge in [-0.25, -0.2) is 4.98 Å². The normalized spacial score (nSPS) is 9.58. The monoisotopic (exact) mass is 229 g/mol. The number of hydrogen-bond acceptors (Lipinski definition) is 3. The van der Waals surface area contributed by atoms with E-state index in [0.29, 0.717) is 5.88 Å². The van der Waals surface area contributed by atoms with Gasteiger partial charge >= 0.3 is 5.97 Å². The van der Waals surface area contributed by atoms with E-state index in [1.54, 1.807) is 6.20 Å². The highest BCUT2D eigenvalue weighted by Gasteiger charge is 2.03. The molecule has 64 valence electrons. The van der Waals surface area contributed by atoms with Gasteiger partial charge in [-0.1, -0.05) is 0 Å². The van der Waals surface area contributed by atoms with E-state index in [2.05, 4.69) is 20.9 Å². The maximum Gasteiger partial charge on any atom is 0.309 e. The van der Waals surface area contributed by atoms with Gasteiger partial charge in [-0.3, -0.25) is 4.79 Å². The molecule has 0 aromatic carbocycles. The Morgan fingerprint density at radius 2 is 2.33 bits per heavy atom. The number of hydrogen-bond donors (Lipinski definition) is 0. The van der Waals surface area contributed by atoms with Crippen LogP contribution in [0.3, 0.4) is 0 Å². The summed E-state index contributed by atoms with van der Waals surface area (Å²) < 4.78 is 5.70. The van der Waals surface area contributed by atoms with Gasteiger partial charge in [0.1, 0.15) is 0 Å². The Kier molecular flexibility index (Phi) is 2.81. The Balaban J connectivity index is 2.93. The van der Waals surface area contributed by atoms with Crippen molar-refractivity contribution in [3.63, 3.8) is 0 Å². The molecule has 0 saturated carbocycles. The summed E-state index contributed by atoms with van der Waals surface area (Å²) in [5.74, 6) is 0.0126. The van der Waals surface area contributed by atoms with Crippen molar-refractivity contribution in [1.29, 1.82) is 0 Å². The highest BCUT2D eigenvalue weighted by atomic mass is 79.9. The summed E-state index contributed by atoms with van der Waals surface area (Å²) in [6.07, 6.45) is 1.59. The molecule has 0 fully saturated rings. The van der Waals surface area contributed by atoms with E-state index < -0.39 is 0 Å². The SMILES string of the molecule is CC(=O)Oc1ncc(Br)cc1C. The second-order valence-electron chi connectivity index (χ2n) is 2.37. The number of halogens is 1. The molecule has 1 heterocycles.